The second kappa shape index (κ2) is 14.2. The maximum absolute atomic E-state index is 13.4. The normalized spacial score (nSPS) is 16.1. The Bertz CT molecular complexity index is 1310. The summed E-state index contributed by atoms with van der Waals surface area (Å²) in [5.41, 5.74) is 3.67. The van der Waals surface area contributed by atoms with Gasteiger partial charge in [0.15, 0.2) is 11.5 Å². The fourth-order valence-electron chi connectivity index (χ4n) is 6.03. The van der Waals surface area contributed by atoms with Crippen molar-refractivity contribution < 1.29 is 23.8 Å². The monoisotopic (exact) mass is 565 g/mol. The van der Waals surface area contributed by atoms with E-state index in [0.29, 0.717) is 54.8 Å². The molecule has 2 aromatic carbocycles. The smallest absolute Gasteiger partial charge is 0.220 e. The van der Waals surface area contributed by atoms with Crippen molar-refractivity contribution in [2.75, 3.05) is 33.2 Å². The first-order valence-electron chi connectivity index (χ1n) is 14.7. The van der Waals surface area contributed by atoms with E-state index in [4.69, 9.17) is 14.2 Å². The number of carbonyl (C=O) groups excluding carboxylic acids is 2. The number of hydrogen-bond acceptors (Lipinski definition) is 7. The second-order valence-corrected chi connectivity index (χ2v) is 10.9. The first kappa shape index (κ1) is 30.2. The number of unbranched alkanes of at least 4 members (excludes halogenated alkanes) is 2. The van der Waals surface area contributed by atoms with Gasteiger partial charge in [-0.15, -0.1) is 0 Å². The summed E-state index contributed by atoms with van der Waals surface area (Å²) in [6, 6.07) is 7.28. The van der Waals surface area contributed by atoms with Crippen LogP contribution in [0.3, 0.4) is 0 Å². The maximum atomic E-state index is 13.4. The minimum atomic E-state index is -0.347. The van der Waals surface area contributed by atoms with E-state index in [1.807, 2.05) is 12.1 Å². The molecule has 222 valence electrons. The first-order valence-corrected chi connectivity index (χ1v) is 14.7. The molecule has 2 aliphatic rings. The molecule has 0 radical (unpaired) electrons. The molecule has 3 N–H and O–H groups in total. The van der Waals surface area contributed by atoms with Crippen LogP contribution in [0.2, 0.25) is 0 Å². The zero-order valence-corrected chi connectivity index (χ0v) is 24.7. The molecule has 1 unspecified atom stereocenters. The van der Waals surface area contributed by atoms with Gasteiger partial charge in [-0.2, -0.15) is 0 Å². The Labute approximate surface area is 242 Å². The highest BCUT2D eigenvalue weighted by Crippen LogP contribution is 2.50. The third-order valence-electron chi connectivity index (χ3n) is 8.03. The van der Waals surface area contributed by atoms with Gasteiger partial charge in [0.2, 0.25) is 23.0 Å². The van der Waals surface area contributed by atoms with Gasteiger partial charge < -0.3 is 30.2 Å². The molecular formula is C32H43N3O6. The predicted octanol–water partition coefficient (Wildman–Crippen LogP) is 4.89. The van der Waals surface area contributed by atoms with E-state index in [0.717, 1.165) is 54.4 Å². The molecule has 0 saturated heterocycles. The lowest BCUT2D eigenvalue weighted by atomic mass is 9.95. The standard InChI is InChI=1S/C32H43N3O6/c1-20(36)34-25-15-13-21-18-28(39-2)31(40-3)32(41-4)30(21)23-14-16-26(27(37)19-24(23)25)33-17-9-5-6-12-29(38)35-22-10-7-8-11-22/h14,16,18-19,22,25H,5-13,15,17H2,1-4H3,(H,33,37)(H,34,36)(H,35,38). The van der Waals surface area contributed by atoms with Crippen molar-refractivity contribution in [2.45, 2.75) is 83.2 Å². The van der Waals surface area contributed by atoms with Crippen LogP contribution in [0.1, 0.15) is 81.9 Å². The Hall–Kier alpha value is -3.75. The van der Waals surface area contributed by atoms with Gasteiger partial charge in [0.25, 0.3) is 0 Å². The number of fused-ring (bicyclic) bond motifs is 3. The largest absolute Gasteiger partial charge is 0.493 e. The number of methoxy groups -OCH3 is 3. The molecule has 2 amide bonds. The van der Waals surface area contributed by atoms with Crippen LogP contribution >= 0.6 is 0 Å². The van der Waals surface area contributed by atoms with Gasteiger partial charge >= 0.3 is 0 Å². The topological polar surface area (TPSA) is 115 Å². The predicted molar refractivity (Wildman–Crippen MR) is 160 cm³/mol. The highest BCUT2D eigenvalue weighted by molar-refractivity contribution is 5.83. The van der Waals surface area contributed by atoms with Crippen LogP contribution in [-0.4, -0.2) is 45.7 Å². The summed E-state index contributed by atoms with van der Waals surface area (Å²) in [6.07, 6.45) is 8.95. The van der Waals surface area contributed by atoms with Crippen molar-refractivity contribution in [1.29, 1.82) is 0 Å². The number of benzene rings is 1. The van der Waals surface area contributed by atoms with Crippen LogP contribution < -0.4 is 35.6 Å². The van der Waals surface area contributed by atoms with Crippen molar-refractivity contribution in [3.8, 4) is 28.4 Å². The molecule has 4 rings (SSSR count). The van der Waals surface area contributed by atoms with Gasteiger partial charge in [0.1, 0.15) is 0 Å². The number of nitrogens with one attached hydrogen (secondary N) is 3. The quantitative estimate of drug-likeness (QED) is 0.314. The molecule has 0 heterocycles. The van der Waals surface area contributed by atoms with Gasteiger partial charge in [0.05, 0.1) is 33.1 Å². The highest BCUT2D eigenvalue weighted by atomic mass is 16.5. The zero-order chi connectivity index (χ0) is 29.4. The number of anilines is 1. The zero-order valence-electron chi connectivity index (χ0n) is 24.7. The lowest BCUT2D eigenvalue weighted by Crippen LogP contribution is -2.32. The minimum absolute atomic E-state index is 0.141. The number of rotatable bonds is 12. The molecule has 0 aromatic heterocycles. The Morgan fingerprint density at radius 1 is 0.902 bits per heavy atom. The average molecular weight is 566 g/mol. The Kier molecular flexibility index (Phi) is 10.5. The fourth-order valence-corrected chi connectivity index (χ4v) is 6.03. The maximum Gasteiger partial charge on any atom is 0.220 e. The number of ether oxygens (including phenoxy) is 3. The van der Waals surface area contributed by atoms with Crippen LogP contribution in [-0.2, 0) is 16.0 Å². The summed E-state index contributed by atoms with van der Waals surface area (Å²) < 4.78 is 17.1. The summed E-state index contributed by atoms with van der Waals surface area (Å²) in [4.78, 5) is 37.7. The highest BCUT2D eigenvalue weighted by Gasteiger charge is 2.29. The van der Waals surface area contributed by atoms with Gasteiger partial charge in [-0.3, -0.25) is 14.4 Å². The number of aryl methyl sites for hydroxylation is 1. The molecule has 2 aromatic rings. The van der Waals surface area contributed by atoms with Crippen LogP contribution in [0, 0.1) is 0 Å². The van der Waals surface area contributed by atoms with E-state index in [1.165, 1.54) is 19.8 Å². The number of carbonyl (C=O) groups is 2. The van der Waals surface area contributed by atoms with Crippen molar-refractivity contribution in [2.24, 2.45) is 0 Å². The summed E-state index contributed by atoms with van der Waals surface area (Å²) in [6.45, 7) is 2.10. The molecule has 1 atom stereocenters. The van der Waals surface area contributed by atoms with Gasteiger partial charge in [-0.25, -0.2) is 0 Å². The Balaban J connectivity index is 1.54. The summed E-state index contributed by atoms with van der Waals surface area (Å²) in [5, 5.41) is 9.46. The molecule has 9 heteroatoms. The lowest BCUT2D eigenvalue weighted by molar-refractivity contribution is -0.122. The molecule has 0 bridgehead atoms. The van der Waals surface area contributed by atoms with E-state index in [1.54, 1.807) is 33.5 Å². The van der Waals surface area contributed by atoms with Crippen LogP contribution in [0.25, 0.3) is 11.1 Å². The van der Waals surface area contributed by atoms with Crippen LogP contribution in [0.15, 0.2) is 29.1 Å². The first-order chi connectivity index (χ1) is 19.9. The number of amides is 2. The lowest BCUT2D eigenvalue weighted by Gasteiger charge is -2.19. The van der Waals surface area contributed by atoms with Gasteiger partial charge in [-0.05, 0) is 73.4 Å². The molecule has 2 aliphatic carbocycles. The molecular weight excluding hydrogens is 522 g/mol. The molecule has 1 fully saturated rings. The van der Waals surface area contributed by atoms with Crippen LogP contribution in [0.4, 0.5) is 5.69 Å². The molecule has 1 saturated carbocycles. The third kappa shape index (κ3) is 7.31. The van der Waals surface area contributed by atoms with Crippen molar-refractivity contribution in [3.63, 3.8) is 0 Å². The molecule has 41 heavy (non-hydrogen) atoms. The Morgan fingerprint density at radius 2 is 1.66 bits per heavy atom. The van der Waals surface area contributed by atoms with Gasteiger partial charge in [0, 0.05) is 31.5 Å². The van der Waals surface area contributed by atoms with E-state index < -0.39 is 0 Å². The second-order valence-electron chi connectivity index (χ2n) is 10.9. The molecule has 0 aliphatic heterocycles. The average Bonchev–Trinajstić information content (AvgIpc) is 3.35. The van der Waals surface area contributed by atoms with Crippen molar-refractivity contribution >= 4 is 17.5 Å². The summed E-state index contributed by atoms with van der Waals surface area (Å²) in [7, 11) is 4.73. The van der Waals surface area contributed by atoms with E-state index in [-0.39, 0.29) is 23.3 Å². The van der Waals surface area contributed by atoms with E-state index >= 15 is 0 Å². The fraction of sp³-hybridized carbons (Fsp3) is 0.531. The van der Waals surface area contributed by atoms with Crippen LogP contribution in [0.5, 0.6) is 17.2 Å². The van der Waals surface area contributed by atoms with Crippen molar-refractivity contribution in [3.05, 3.63) is 45.6 Å². The van der Waals surface area contributed by atoms with Crippen molar-refractivity contribution in [1.82, 2.24) is 10.6 Å². The van der Waals surface area contributed by atoms with E-state index in [9.17, 15) is 14.4 Å². The molecule has 0 spiro atoms. The van der Waals surface area contributed by atoms with E-state index in [2.05, 4.69) is 16.0 Å². The molecule has 9 nitrogen and oxygen atoms in total. The third-order valence-corrected chi connectivity index (χ3v) is 8.03. The minimum Gasteiger partial charge on any atom is -0.493 e. The summed E-state index contributed by atoms with van der Waals surface area (Å²) >= 11 is 0. The Morgan fingerprint density at radius 3 is 2.34 bits per heavy atom. The summed E-state index contributed by atoms with van der Waals surface area (Å²) in [5.74, 6) is 1.54. The SMILES string of the molecule is COc1cc2c(c(OC)c1OC)-c1ccc(NCCCCCC(=O)NC3CCCC3)c(=O)cc1C(NC(C)=O)CC2. The van der Waals surface area contributed by atoms with Gasteiger partial charge in [-0.1, -0.05) is 25.3 Å². The number of hydrogen-bond donors (Lipinski definition) is 3.